The van der Waals surface area contributed by atoms with Gasteiger partial charge in [0.15, 0.2) is 0 Å². The number of imide groups is 1. The molecule has 0 fully saturated rings. The molecule has 651 valence electrons. The summed E-state index contributed by atoms with van der Waals surface area (Å²) in [5.74, 6) is 1.16. The van der Waals surface area contributed by atoms with Gasteiger partial charge in [0, 0.05) is 138 Å². The van der Waals surface area contributed by atoms with Crippen molar-refractivity contribution in [2.75, 3.05) is 105 Å². The Morgan fingerprint density at radius 3 is 0.991 bits per heavy atom. The van der Waals surface area contributed by atoms with Crippen LogP contribution in [-0.2, 0) is 104 Å². The smallest absolute Gasteiger partial charge is 0.376 e. The monoisotopic (exact) mass is 1840 g/mol. The molecule has 5 aromatic carbocycles. The molecule has 0 spiro atoms. The normalized spacial score (nSPS) is 13.3. The van der Waals surface area contributed by atoms with Gasteiger partial charge in [0.25, 0.3) is 41.1 Å². The van der Waals surface area contributed by atoms with E-state index < -0.39 is 82.2 Å². The number of nitro groups is 4. The summed E-state index contributed by atoms with van der Waals surface area (Å²) in [5.41, 5.74) is 0.427. The molecule has 5 aromatic rings. The van der Waals surface area contributed by atoms with Crippen LogP contribution in [0, 0.1) is 47.9 Å². The van der Waals surface area contributed by atoms with Crippen LogP contribution in [0.2, 0.25) is 0 Å². The summed E-state index contributed by atoms with van der Waals surface area (Å²) in [6, 6.07) is 29.5. The molecule has 0 aromatic heterocycles. The Balaban J connectivity index is -0.000000234. The first-order chi connectivity index (χ1) is 52.5. The maximum absolute atomic E-state index is 12.0. The predicted molar refractivity (Wildman–Crippen MR) is 448 cm³/mol. The molecule has 1 heterocycles. The van der Waals surface area contributed by atoms with Crippen molar-refractivity contribution < 1.29 is 144 Å². The molecule has 0 saturated heterocycles. The molecule has 47 heteroatoms. The van der Waals surface area contributed by atoms with Crippen LogP contribution in [0.25, 0.3) is 0 Å². The molecule has 1 aliphatic heterocycles. The molecule has 0 aliphatic carbocycles. The Kier molecular flexibility index (Phi) is 68.0. The average molecular weight is 1840 g/mol. The van der Waals surface area contributed by atoms with Crippen molar-refractivity contribution in [3.63, 3.8) is 0 Å². The van der Waals surface area contributed by atoms with Crippen molar-refractivity contribution in [2.45, 2.75) is 100 Å². The van der Waals surface area contributed by atoms with Gasteiger partial charge >= 0.3 is 30.5 Å². The van der Waals surface area contributed by atoms with Gasteiger partial charge in [-0.05, 0) is 134 Å². The second-order valence-corrected chi connectivity index (χ2v) is 44.2. The number of carbonyl (C=O) groups is 6. The van der Waals surface area contributed by atoms with E-state index in [2.05, 4.69) is 37.1 Å². The first kappa shape index (κ1) is 122. The number of hydroxylamine groups is 2. The van der Waals surface area contributed by atoms with Crippen LogP contribution in [0.4, 0.5) is 26.9 Å². The third kappa shape index (κ3) is 60.5. The minimum absolute atomic E-state index is 0. The summed E-state index contributed by atoms with van der Waals surface area (Å²) in [5, 5.41) is 42.0. The number of non-ortho nitro benzene ring substituents is 4. The van der Waals surface area contributed by atoms with Crippen LogP contribution in [-0.4, -0.2) is 186 Å². The zero-order valence-corrected chi connectivity index (χ0v) is 77.3. The first-order valence-electron chi connectivity index (χ1n) is 33.4. The summed E-state index contributed by atoms with van der Waals surface area (Å²) in [7, 11) is -16.0. The largest absolute Gasteiger partial charge is 0.467 e. The summed E-state index contributed by atoms with van der Waals surface area (Å²) in [4.78, 5) is 97.8. The molecule has 0 N–H and O–H groups in total. The van der Waals surface area contributed by atoms with Gasteiger partial charge in [0.1, 0.15) is 56.4 Å². The van der Waals surface area contributed by atoms with E-state index in [4.69, 9.17) is 71.8 Å². The van der Waals surface area contributed by atoms with E-state index in [1.807, 2.05) is 68.2 Å². The number of benzene rings is 5. The molecule has 5 atom stereocenters. The fourth-order valence-corrected chi connectivity index (χ4v) is 15.6. The van der Waals surface area contributed by atoms with E-state index in [0.29, 0.717) is 54.7 Å². The topological polar surface area (TPSA) is 476 Å². The van der Waals surface area contributed by atoms with Gasteiger partial charge in [0.05, 0.1) is 63.9 Å². The zero-order valence-electron chi connectivity index (χ0n) is 68.0. The third-order valence-electron chi connectivity index (χ3n) is 11.9. The number of hydrogen-bond donors (Lipinski definition) is 0. The average Bonchev–Trinajstić information content (AvgIpc) is 1.63. The molecular formula is C68H109FN6O30P7S2V-. The minimum Gasteiger partial charge on any atom is -0.467 e. The summed E-state index contributed by atoms with van der Waals surface area (Å²) < 4.78 is 131. The maximum atomic E-state index is 12.0. The number of hydrogen-bond acceptors (Lipinski definition) is 33. The Morgan fingerprint density at radius 2 is 0.730 bits per heavy atom. The fraction of sp³-hybridized carbons (Fsp3) is 0.456. The van der Waals surface area contributed by atoms with Crippen LogP contribution < -0.4 is 18.1 Å². The number of nitro benzene ring substituents is 4. The summed E-state index contributed by atoms with van der Waals surface area (Å²) in [6.45, 7) is 39.6. The van der Waals surface area contributed by atoms with Crippen molar-refractivity contribution in [3.8, 4) is 23.0 Å². The predicted octanol–water partition coefficient (Wildman–Crippen LogP) is 19.7. The molecule has 0 bridgehead atoms. The Hall–Kier alpha value is -6.67. The second kappa shape index (κ2) is 64.3. The number of nitrogens with zero attached hydrogens (tertiary/aromatic N) is 6. The van der Waals surface area contributed by atoms with Crippen molar-refractivity contribution in [1.29, 1.82) is 0 Å². The number of amides is 2. The standard InChI is InChI=1S/C12H14NO5P.C12H28NO2PS.C10H14NO5P.C9H12NO5P.C8H10NO4P.C8H10NO3PS.C4H10FO2P.4CH2O.CH3.V/c1-3-8-17-19(2,16)18-13-11(14)9-6-4-5-7-10(9)12(13)15;1-7-9-15-16(6,14)17-10-8-13(11(2)3)12(4)5;1-3-8-15-17(2,14)16-10-6-4-9(5-7-10)11(12)13;1-3-14-16(2,13)15-9-6-4-8(5-7-9)10(11)12;1-14(2,12)13-8-5-3-7(4-6-8)9(10)11;1-13(2,14)12-8-5-3-7(4-6-8)9(10)11;1-3-4-7-8(2,5)6;4*1-2;;/h4-7H,3,8H2,1-2H3;11-12H,7-10H2,1-6H3;4-7H,3,8H2,1-2H3;4-7H,3H2,1-2H3;2*3-6H,1-2H3;3-4H2,1-2H3;4*1H2;1H3;/q;;;;;;;;;;;-1;. The molecule has 1 aliphatic rings. The molecule has 36 nitrogen and oxygen atoms in total. The van der Waals surface area contributed by atoms with Crippen molar-refractivity contribution >= 4 is 136 Å². The van der Waals surface area contributed by atoms with E-state index in [1.165, 1.54) is 142 Å². The van der Waals surface area contributed by atoms with E-state index in [9.17, 15) is 81.6 Å². The molecule has 1 radical (unpaired) electrons. The van der Waals surface area contributed by atoms with Crippen LogP contribution in [0.5, 0.6) is 23.0 Å². The molecule has 0 saturated carbocycles. The SMILES string of the molecule is C=O.C=O.C=O.C=O.CCCOP(C)(=O)F.CCCOP(C)(=O)ON1C(=O)c2ccccc2C1=O.CCCOP(C)(=O)Oc1ccc([N+](=O)[O-])cc1.CCCOP(C)(=O)SCCN(C(C)C)C(C)C.CCOP(C)(=O)Oc1ccc([N+](=O)[O-])cc1.CP(C)(=O)Oc1ccc([N+](=O)[O-])cc1.CP(C)(=S)Oc1ccc([N+](=O)[O-])cc1.[CH3-].[V]. The van der Waals surface area contributed by atoms with Crippen molar-refractivity contribution in [2.24, 2.45) is 0 Å². The van der Waals surface area contributed by atoms with Gasteiger partial charge < -0.3 is 62.8 Å². The Bertz CT molecular complexity index is 3860. The number of halogens is 1. The third-order valence-corrected chi connectivity index (χ3v) is 21.4. The van der Waals surface area contributed by atoms with Crippen molar-refractivity contribution in [3.05, 3.63) is 180 Å². The Morgan fingerprint density at radius 1 is 0.452 bits per heavy atom. The molecule has 115 heavy (non-hydrogen) atoms. The molecule has 2 amide bonds. The van der Waals surface area contributed by atoms with Gasteiger partial charge in [-0.1, -0.05) is 63.0 Å². The van der Waals surface area contributed by atoms with Gasteiger partial charge in [-0.15, -0.1) is 5.06 Å². The Labute approximate surface area is 694 Å². The van der Waals surface area contributed by atoms with Crippen LogP contribution in [0.15, 0.2) is 121 Å². The van der Waals surface area contributed by atoms with Gasteiger partial charge in [-0.3, -0.25) is 77.7 Å². The van der Waals surface area contributed by atoms with Gasteiger partial charge in [0.2, 0.25) is 7.37 Å². The van der Waals surface area contributed by atoms with Crippen LogP contribution in [0.1, 0.15) is 109 Å². The summed E-state index contributed by atoms with van der Waals surface area (Å²) >= 11 is 6.58. The number of carbonyl (C=O) groups excluding carboxylic acids is 6. The minimum atomic E-state index is -3.68. The van der Waals surface area contributed by atoms with Crippen LogP contribution in [0.3, 0.4) is 0 Å². The van der Waals surface area contributed by atoms with Crippen LogP contribution >= 0.6 is 62.1 Å². The molecule has 5 unspecified atom stereocenters. The fourth-order valence-electron chi connectivity index (χ4n) is 7.59. The maximum Gasteiger partial charge on any atom is 0.376 e. The van der Waals surface area contributed by atoms with E-state index >= 15 is 0 Å². The first-order valence-corrected chi connectivity index (χ1v) is 51.1. The second-order valence-electron chi connectivity index (χ2n) is 23.2. The number of rotatable bonds is 34. The molecular weight excluding hydrogens is 1730 g/mol. The van der Waals surface area contributed by atoms with Crippen molar-refractivity contribution in [1.82, 2.24) is 9.96 Å². The van der Waals surface area contributed by atoms with E-state index in [1.54, 1.807) is 37.9 Å². The van der Waals surface area contributed by atoms with Gasteiger partial charge in [-0.25, -0.2) is 9.13 Å². The number of fused-ring (bicyclic) bond motifs is 1. The van der Waals surface area contributed by atoms with E-state index in [-0.39, 0.29) is 91.2 Å². The zero-order chi connectivity index (χ0) is 88.7. The molecule has 6 rings (SSSR count). The van der Waals surface area contributed by atoms with E-state index in [0.717, 1.165) is 31.8 Å². The summed E-state index contributed by atoms with van der Waals surface area (Å²) in [6.07, 6.45) is 1.25. The quantitative estimate of drug-likeness (QED) is 0.0121. The van der Waals surface area contributed by atoms with Gasteiger partial charge in [-0.2, -0.15) is 8.82 Å².